The van der Waals surface area contributed by atoms with Crippen LogP contribution in [0.3, 0.4) is 0 Å². The van der Waals surface area contributed by atoms with Crippen LogP contribution in [0.4, 0.5) is 0 Å². The zero-order valence-corrected chi connectivity index (χ0v) is 13.2. The molecule has 6 heteroatoms. The lowest BCUT2D eigenvalue weighted by molar-refractivity contribution is -0.137. The topological polar surface area (TPSA) is 62.3 Å². The number of thiazole rings is 1. The summed E-state index contributed by atoms with van der Waals surface area (Å²) in [4.78, 5) is 29.7. The number of amides is 2. The molecule has 0 atom stereocenters. The van der Waals surface area contributed by atoms with E-state index in [1.165, 1.54) is 16.9 Å². The van der Waals surface area contributed by atoms with Crippen molar-refractivity contribution in [1.29, 1.82) is 0 Å². The first-order valence-corrected chi connectivity index (χ1v) is 8.06. The number of nitrogens with zero attached hydrogens (tertiary/aromatic N) is 2. The first kappa shape index (κ1) is 14.7. The summed E-state index contributed by atoms with van der Waals surface area (Å²) in [7, 11) is 0. The third-order valence-electron chi connectivity index (χ3n) is 3.57. The average molecular weight is 315 g/mol. The van der Waals surface area contributed by atoms with Crippen molar-refractivity contribution in [3.63, 3.8) is 0 Å². The summed E-state index contributed by atoms with van der Waals surface area (Å²) in [6.45, 7) is 3.29. The van der Waals surface area contributed by atoms with E-state index < -0.39 is 0 Å². The molecular weight excluding hydrogens is 298 g/mol. The van der Waals surface area contributed by atoms with Crippen LogP contribution < -0.4 is 5.32 Å². The molecule has 0 saturated carbocycles. The lowest BCUT2D eigenvalue weighted by Crippen LogP contribution is -2.50. The van der Waals surface area contributed by atoms with Gasteiger partial charge in [-0.2, -0.15) is 0 Å². The standard InChI is InChI=1S/C16H17N3O2S/c1-11-2-4-12(5-3-11)16-18-13(10-22-16)8-15(21)19-7-6-17-14(20)9-19/h2-5,10H,6-9H2,1H3,(H,17,20). The Bertz CT molecular complexity index is 694. The Morgan fingerprint density at radius 2 is 2.14 bits per heavy atom. The monoisotopic (exact) mass is 315 g/mol. The predicted octanol–water partition coefficient (Wildman–Crippen LogP) is 1.62. The summed E-state index contributed by atoms with van der Waals surface area (Å²) in [6.07, 6.45) is 0.246. The third-order valence-corrected chi connectivity index (χ3v) is 4.51. The molecule has 2 amide bonds. The zero-order chi connectivity index (χ0) is 15.5. The van der Waals surface area contributed by atoms with Crippen molar-refractivity contribution in [3.05, 3.63) is 40.9 Å². The number of aryl methyl sites for hydroxylation is 1. The normalized spacial score (nSPS) is 14.8. The average Bonchev–Trinajstić information content (AvgIpc) is 2.96. The molecule has 1 fully saturated rings. The van der Waals surface area contributed by atoms with Gasteiger partial charge in [0, 0.05) is 24.0 Å². The molecule has 3 rings (SSSR count). The molecule has 1 N–H and O–H groups in total. The molecule has 2 heterocycles. The predicted molar refractivity (Wildman–Crippen MR) is 85.6 cm³/mol. The molecule has 0 bridgehead atoms. The minimum Gasteiger partial charge on any atom is -0.353 e. The van der Waals surface area contributed by atoms with E-state index >= 15 is 0 Å². The van der Waals surface area contributed by atoms with Gasteiger partial charge >= 0.3 is 0 Å². The van der Waals surface area contributed by atoms with Crippen molar-refractivity contribution >= 4 is 23.2 Å². The second-order valence-electron chi connectivity index (χ2n) is 5.35. The van der Waals surface area contributed by atoms with E-state index in [9.17, 15) is 9.59 Å². The molecule has 0 aliphatic carbocycles. The molecule has 1 aromatic heterocycles. The largest absolute Gasteiger partial charge is 0.353 e. The third kappa shape index (κ3) is 3.33. The van der Waals surface area contributed by atoms with Gasteiger partial charge in [-0.3, -0.25) is 9.59 Å². The van der Waals surface area contributed by atoms with Crippen molar-refractivity contribution in [2.24, 2.45) is 0 Å². The van der Waals surface area contributed by atoms with Crippen LogP contribution in [0.5, 0.6) is 0 Å². The Labute approximate surface area is 133 Å². The van der Waals surface area contributed by atoms with Gasteiger partial charge in [-0.25, -0.2) is 4.98 Å². The van der Waals surface area contributed by atoms with Gasteiger partial charge in [0.2, 0.25) is 11.8 Å². The molecule has 0 unspecified atom stereocenters. The maximum atomic E-state index is 12.2. The Balaban J connectivity index is 1.67. The number of carbonyl (C=O) groups is 2. The number of benzene rings is 1. The van der Waals surface area contributed by atoms with Crippen LogP contribution in [-0.2, 0) is 16.0 Å². The van der Waals surface area contributed by atoms with Crippen molar-refractivity contribution in [2.45, 2.75) is 13.3 Å². The molecule has 0 radical (unpaired) electrons. The van der Waals surface area contributed by atoms with Crippen LogP contribution in [0.15, 0.2) is 29.6 Å². The summed E-state index contributed by atoms with van der Waals surface area (Å²) in [5, 5.41) is 5.54. The lowest BCUT2D eigenvalue weighted by atomic mass is 10.2. The molecule has 22 heavy (non-hydrogen) atoms. The Morgan fingerprint density at radius 1 is 1.36 bits per heavy atom. The van der Waals surface area contributed by atoms with Gasteiger partial charge in [-0.1, -0.05) is 29.8 Å². The first-order valence-electron chi connectivity index (χ1n) is 7.18. The van der Waals surface area contributed by atoms with E-state index in [2.05, 4.69) is 10.3 Å². The SMILES string of the molecule is Cc1ccc(-c2nc(CC(=O)N3CCNC(=O)C3)cs2)cc1. The minimum absolute atomic E-state index is 0.0457. The number of rotatable bonds is 3. The number of hydrogen-bond donors (Lipinski definition) is 1. The van der Waals surface area contributed by atoms with Crippen LogP contribution in [0.2, 0.25) is 0 Å². The lowest BCUT2D eigenvalue weighted by Gasteiger charge is -2.26. The van der Waals surface area contributed by atoms with Crippen LogP contribution in [-0.4, -0.2) is 41.3 Å². The number of nitrogens with one attached hydrogen (secondary N) is 1. The Kier molecular flexibility index (Phi) is 4.20. The van der Waals surface area contributed by atoms with E-state index in [0.29, 0.717) is 13.1 Å². The van der Waals surface area contributed by atoms with Gasteiger partial charge in [-0.05, 0) is 6.92 Å². The molecule has 2 aromatic rings. The van der Waals surface area contributed by atoms with Crippen LogP contribution >= 0.6 is 11.3 Å². The number of hydrogen-bond acceptors (Lipinski definition) is 4. The van der Waals surface area contributed by atoms with Gasteiger partial charge in [-0.15, -0.1) is 11.3 Å². The Morgan fingerprint density at radius 3 is 2.86 bits per heavy atom. The van der Waals surface area contributed by atoms with Gasteiger partial charge in [0.05, 0.1) is 18.7 Å². The molecule has 1 saturated heterocycles. The summed E-state index contributed by atoms with van der Waals surface area (Å²) in [5.41, 5.74) is 3.03. The van der Waals surface area contributed by atoms with Crippen LogP contribution in [0, 0.1) is 6.92 Å². The van der Waals surface area contributed by atoms with E-state index in [-0.39, 0.29) is 24.8 Å². The number of aromatic nitrogens is 1. The van der Waals surface area contributed by atoms with Gasteiger partial charge in [0.25, 0.3) is 0 Å². The molecule has 1 aliphatic rings. The van der Waals surface area contributed by atoms with Crippen LogP contribution in [0.1, 0.15) is 11.3 Å². The molecule has 0 spiro atoms. The van der Waals surface area contributed by atoms with Gasteiger partial charge < -0.3 is 10.2 Å². The molecular formula is C16H17N3O2S. The maximum absolute atomic E-state index is 12.2. The van der Waals surface area contributed by atoms with E-state index in [1.54, 1.807) is 4.90 Å². The second-order valence-corrected chi connectivity index (χ2v) is 6.21. The van der Waals surface area contributed by atoms with E-state index in [0.717, 1.165) is 16.3 Å². The minimum atomic E-state index is -0.0989. The quantitative estimate of drug-likeness (QED) is 0.936. The van der Waals surface area contributed by atoms with Crippen molar-refractivity contribution < 1.29 is 9.59 Å². The van der Waals surface area contributed by atoms with Crippen molar-refractivity contribution in [1.82, 2.24) is 15.2 Å². The van der Waals surface area contributed by atoms with Crippen molar-refractivity contribution in [2.75, 3.05) is 19.6 Å². The fraction of sp³-hybridized carbons (Fsp3) is 0.312. The highest BCUT2D eigenvalue weighted by Gasteiger charge is 2.21. The summed E-state index contributed by atoms with van der Waals surface area (Å²) in [5.74, 6) is -0.145. The molecule has 1 aliphatic heterocycles. The zero-order valence-electron chi connectivity index (χ0n) is 12.3. The maximum Gasteiger partial charge on any atom is 0.239 e. The van der Waals surface area contributed by atoms with Gasteiger partial charge in [0.15, 0.2) is 0 Å². The highest BCUT2D eigenvalue weighted by atomic mass is 32.1. The first-order chi connectivity index (χ1) is 10.6. The Hall–Kier alpha value is -2.21. The number of carbonyl (C=O) groups excluding carboxylic acids is 2. The highest BCUT2D eigenvalue weighted by molar-refractivity contribution is 7.13. The fourth-order valence-electron chi connectivity index (χ4n) is 2.34. The van der Waals surface area contributed by atoms with Crippen molar-refractivity contribution in [3.8, 4) is 10.6 Å². The van der Waals surface area contributed by atoms with Gasteiger partial charge in [0.1, 0.15) is 5.01 Å². The highest BCUT2D eigenvalue weighted by Crippen LogP contribution is 2.24. The summed E-state index contributed by atoms with van der Waals surface area (Å²) >= 11 is 1.54. The summed E-state index contributed by atoms with van der Waals surface area (Å²) < 4.78 is 0. The fourth-order valence-corrected chi connectivity index (χ4v) is 3.16. The van der Waals surface area contributed by atoms with E-state index in [1.807, 2.05) is 36.6 Å². The second kappa shape index (κ2) is 6.27. The smallest absolute Gasteiger partial charge is 0.239 e. The van der Waals surface area contributed by atoms with Crippen LogP contribution in [0.25, 0.3) is 10.6 Å². The molecule has 114 valence electrons. The van der Waals surface area contributed by atoms with E-state index in [4.69, 9.17) is 0 Å². The molecule has 1 aromatic carbocycles. The number of piperazine rings is 1. The molecule has 5 nitrogen and oxygen atoms in total. The summed E-state index contributed by atoms with van der Waals surface area (Å²) in [6, 6.07) is 8.17.